The van der Waals surface area contributed by atoms with Crippen molar-refractivity contribution in [1.29, 1.82) is 0 Å². The molecule has 0 radical (unpaired) electrons. The number of nitrogens with one attached hydrogen (secondary N) is 1. The van der Waals surface area contributed by atoms with Crippen LogP contribution >= 0.6 is 0 Å². The summed E-state index contributed by atoms with van der Waals surface area (Å²) >= 11 is 0. The molecule has 1 amide bonds. The molecule has 1 rings (SSSR count). The Morgan fingerprint density at radius 2 is 2.10 bits per heavy atom. The molecule has 0 aliphatic heterocycles. The van der Waals surface area contributed by atoms with Gasteiger partial charge in [0.25, 0.3) is 0 Å². The molecule has 2 N–H and O–H groups in total. The molecule has 118 valence electrons. The quantitative estimate of drug-likeness (QED) is 0.867. The lowest BCUT2D eigenvalue weighted by Gasteiger charge is -2.23. The van der Waals surface area contributed by atoms with Gasteiger partial charge in [-0.15, -0.1) is 0 Å². The van der Waals surface area contributed by atoms with E-state index in [2.05, 4.69) is 10.4 Å². The Balaban J connectivity index is 2.95. The van der Waals surface area contributed by atoms with Crippen LogP contribution < -0.4 is 5.32 Å². The van der Waals surface area contributed by atoms with Gasteiger partial charge in [-0.2, -0.15) is 5.10 Å². The van der Waals surface area contributed by atoms with E-state index in [1.54, 1.807) is 38.7 Å². The molecule has 0 spiro atoms. The molecule has 0 saturated carbocycles. The second kappa shape index (κ2) is 6.60. The molecule has 0 bridgehead atoms. The van der Waals surface area contributed by atoms with E-state index in [1.807, 2.05) is 6.92 Å². The van der Waals surface area contributed by atoms with Crippen molar-refractivity contribution in [2.75, 3.05) is 0 Å². The molecule has 1 aromatic rings. The van der Waals surface area contributed by atoms with Gasteiger partial charge in [-0.05, 0) is 27.2 Å². The normalized spacial score (nSPS) is 12.8. The highest BCUT2D eigenvalue weighted by Gasteiger charge is 2.25. The number of nitrogens with zero attached hydrogens (tertiary/aromatic N) is 2. The van der Waals surface area contributed by atoms with E-state index in [4.69, 9.17) is 9.84 Å². The van der Waals surface area contributed by atoms with Crippen molar-refractivity contribution >= 4 is 12.1 Å². The molecule has 0 saturated heterocycles. The van der Waals surface area contributed by atoms with E-state index in [9.17, 15) is 9.59 Å². The Kier molecular flexibility index (Phi) is 5.34. The number of ether oxygens (including phenoxy) is 1. The van der Waals surface area contributed by atoms with E-state index in [0.717, 1.165) is 5.69 Å². The number of rotatable bonds is 5. The van der Waals surface area contributed by atoms with Crippen LogP contribution in [0.5, 0.6) is 0 Å². The minimum Gasteiger partial charge on any atom is -0.481 e. The summed E-state index contributed by atoms with van der Waals surface area (Å²) in [4.78, 5) is 22.9. The second-order valence-electron chi connectivity index (χ2n) is 5.86. The zero-order valence-corrected chi connectivity index (χ0v) is 13.1. The third kappa shape index (κ3) is 5.45. The summed E-state index contributed by atoms with van der Waals surface area (Å²) in [6.45, 7) is 7.18. The number of carboxylic acid groups (broad SMARTS) is 1. The monoisotopic (exact) mass is 297 g/mol. The fourth-order valence-electron chi connectivity index (χ4n) is 1.98. The molecule has 0 aliphatic rings. The maximum Gasteiger partial charge on any atom is 0.408 e. The number of aliphatic carboxylic acids is 1. The molecule has 1 atom stereocenters. The lowest BCUT2D eigenvalue weighted by molar-refractivity contribution is -0.137. The molecule has 1 heterocycles. The summed E-state index contributed by atoms with van der Waals surface area (Å²) in [5, 5.41) is 15.9. The number of alkyl carbamates (subject to hydrolysis) is 1. The first-order chi connectivity index (χ1) is 9.62. The van der Waals surface area contributed by atoms with Gasteiger partial charge in [-0.1, -0.05) is 6.92 Å². The van der Waals surface area contributed by atoms with Crippen molar-refractivity contribution in [3.05, 3.63) is 17.5 Å². The minimum absolute atomic E-state index is 0.224. The zero-order chi connectivity index (χ0) is 16.2. The van der Waals surface area contributed by atoms with Crippen LogP contribution in [0, 0.1) is 0 Å². The SMILES string of the molecule is CCc1nn(C)cc1[C@H](CC(=O)O)NC(=O)OC(C)(C)C. The first-order valence-electron chi connectivity index (χ1n) is 6.86. The number of amides is 1. The van der Waals surface area contributed by atoms with Crippen LogP contribution in [0.4, 0.5) is 4.79 Å². The Morgan fingerprint density at radius 1 is 1.48 bits per heavy atom. The molecular weight excluding hydrogens is 274 g/mol. The minimum atomic E-state index is -0.998. The standard InChI is InChI=1S/C14H23N3O4/c1-6-10-9(8-17(5)16-10)11(7-12(18)19)15-13(20)21-14(2,3)4/h8,11H,6-7H2,1-5H3,(H,15,20)(H,18,19)/t11-/m0/s1. The molecule has 0 aromatic carbocycles. The van der Waals surface area contributed by atoms with Crippen LogP contribution in [-0.2, 0) is 23.0 Å². The number of carbonyl (C=O) groups excluding carboxylic acids is 1. The Morgan fingerprint density at radius 3 is 2.57 bits per heavy atom. The smallest absolute Gasteiger partial charge is 0.408 e. The largest absolute Gasteiger partial charge is 0.481 e. The van der Waals surface area contributed by atoms with Crippen LogP contribution in [0.3, 0.4) is 0 Å². The van der Waals surface area contributed by atoms with Crippen molar-refractivity contribution < 1.29 is 19.4 Å². The lowest BCUT2D eigenvalue weighted by Crippen LogP contribution is -2.36. The van der Waals surface area contributed by atoms with Crippen molar-refractivity contribution in [3.8, 4) is 0 Å². The maximum absolute atomic E-state index is 11.9. The molecule has 0 unspecified atom stereocenters. The van der Waals surface area contributed by atoms with Gasteiger partial charge in [0.2, 0.25) is 0 Å². The Hall–Kier alpha value is -2.05. The zero-order valence-electron chi connectivity index (χ0n) is 13.1. The Bertz CT molecular complexity index is 517. The third-order valence-electron chi connectivity index (χ3n) is 2.72. The number of hydrogen-bond donors (Lipinski definition) is 2. The number of carboxylic acids is 1. The van der Waals surface area contributed by atoms with Crippen molar-refractivity contribution in [2.24, 2.45) is 7.05 Å². The highest BCUT2D eigenvalue weighted by Crippen LogP contribution is 2.21. The topological polar surface area (TPSA) is 93.5 Å². The predicted molar refractivity (Wildman–Crippen MR) is 76.9 cm³/mol. The number of hydrogen-bond acceptors (Lipinski definition) is 4. The molecule has 7 heteroatoms. The number of carbonyl (C=O) groups is 2. The molecule has 0 aliphatic carbocycles. The average molecular weight is 297 g/mol. The molecule has 7 nitrogen and oxygen atoms in total. The van der Waals surface area contributed by atoms with E-state index in [-0.39, 0.29) is 6.42 Å². The van der Waals surface area contributed by atoms with E-state index >= 15 is 0 Å². The summed E-state index contributed by atoms with van der Waals surface area (Å²) in [7, 11) is 1.76. The van der Waals surface area contributed by atoms with Crippen LogP contribution in [-0.4, -0.2) is 32.6 Å². The van der Waals surface area contributed by atoms with Gasteiger partial charge in [-0.3, -0.25) is 9.48 Å². The van der Waals surface area contributed by atoms with Gasteiger partial charge < -0.3 is 15.2 Å². The molecule has 1 aromatic heterocycles. The van der Waals surface area contributed by atoms with Gasteiger partial charge >= 0.3 is 12.1 Å². The molecule has 21 heavy (non-hydrogen) atoms. The second-order valence-corrected chi connectivity index (χ2v) is 5.86. The van der Waals surface area contributed by atoms with E-state index in [1.165, 1.54) is 0 Å². The number of aryl methyl sites for hydroxylation is 2. The van der Waals surface area contributed by atoms with Gasteiger partial charge in [0.15, 0.2) is 0 Å². The summed E-state index contributed by atoms with van der Waals surface area (Å²) in [5.41, 5.74) is 0.827. The average Bonchev–Trinajstić information content (AvgIpc) is 2.66. The van der Waals surface area contributed by atoms with Crippen LogP contribution in [0.1, 0.15) is 51.4 Å². The highest BCUT2D eigenvalue weighted by atomic mass is 16.6. The Labute approximate surface area is 124 Å². The maximum atomic E-state index is 11.9. The summed E-state index contributed by atoms with van der Waals surface area (Å²) in [6.07, 6.45) is 1.52. The predicted octanol–water partition coefficient (Wildman–Crippen LogP) is 2.02. The van der Waals surface area contributed by atoms with Crippen LogP contribution in [0.25, 0.3) is 0 Å². The van der Waals surface area contributed by atoms with Crippen molar-refractivity contribution in [1.82, 2.24) is 15.1 Å². The summed E-state index contributed by atoms with van der Waals surface area (Å²) in [6, 6.07) is -0.666. The van der Waals surface area contributed by atoms with Gasteiger partial charge in [0.05, 0.1) is 18.2 Å². The lowest BCUT2D eigenvalue weighted by atomic mass is 10.0. The fourth-order valence-corrected chi connectivity index (χ4v) is 1.98. The van der Waals surface area contributed by atoms with Crippen LogP contribution in [0.15, 0.2) is 6.20 Å². The van der Waals surface area contributed by atoms with E-state index < -0.39 is 23.7 Å². The van der Waals surface area contributed by atoms with Gasteiger partial charge in [0.1, 0.15) is 5.60 Å². The molecular formula is C14H23N3O4. The summed E-state index contributed by atoms with van der Waals surface area (Å²) < 4.78 is 6.79. The van der Waals surface area contributed by atoms with E-state index in [0.29, 0.717) is 12.0 Å². The first kappa shape index (κ1) is 17.0. The number of aromatic nitrogens is 2. The summed E-state index contributed by atoms with van der Waals surface area (Å²) in [5.74, 6) is -0.998. The fraction of sp³-hybridized carbons (Fsp3) is 0.643. The third-order valence-corrected chi connectivity index (χ3v) is 2.72. The van der Waals surface area contributed by atoms with Crippen molar-refractivity contribution in [3.63, 3.8) is 0 Å². The van der Waals surface area contributed by atoms with Gasteiger partial charge in [0, 0.05) is 18.8 Å². The van der Waals surface area contributed by atoms with Crippen LogP contribution in [0.2, 0.25) is 0 Å². The first-order valence-corrected chi connectivity index (χ1v) is 6.86. The van der Waals surface area contributed by atoms with Crippen molar-refractivity contribution in [2.45, 2.75) is 52.2 Å². The molecule has 0 fully saturated rings. The van der Waals surface area contributed by atoms with Gasteiger partial charge in [-0.25, -0.2) is 4.79 Å². The highest BCUT2D eigenvalue weighted by molar-refractivity contribution is 5.72.